The zero-order valence-corrected chi connectivity index (χ0v) is 30.5. The van der Waals surface area contributed by atoms with Gasteiger partial charge in [0.2, 0.25) is 33.4 Å². The molecule has 292 valence electrons. The van der Waals surface area contributed by atoms with Crippen LogP contribution in [0.4, 0.5) is 13.2 Å². The van der Waals surface area contributed by atoms with E-state index < -0.39 is 92.8 Å². The van der Waals surface area contributed by atoms with Crippen LogP contribution >= 0.6 is 0 Å². The van der Waals surface area contributed by atoms with Gasteiger partial charge in [-0.3, -0.25) is 28.9 Å². The molecule has 2 aliphatic carbocycles. The molecule has 2 saturated carbocycles. The largest absolute Gasteiger partial charge is 0.471 e. The number of carbonyl (C=O) groups is 4. The fourth-order valence-electron chi connectivity index (χ4n) is 7.00. The monoisotopic (exact) mass is 784 g/mol. The number of carbonyl (C=O) groups excluding carboxylic acids is 4. The second kappa shape index (κ2) is 14.8. The maximum Gasteiger partial charge on any atom is 0.438 e. The predicted octanol–water partition coefficient (Wildman–Crippen LogP) is 2.90. The lowest BCUT2D eigenvalue weighted by atomic mass is 10.0. The van der Waals surface area contributed by atoms with Crippen molar-refractivity contribution in [2.45, 2.75) is 99.9 Å². The van der Waals surface area contributed by atoms with Crippen LogP contribution in [0.25, 0.3) is 11.0 Å². The van der Waals surface area contributed by atoms with Gasteiger partial charge < -0.3 is 20.3 Å². The Labute approximate surface area is 314 Å². The molecule has 2 aromatic heterocycles. The first-order chi connectivity index (χ1) is 26.1. The Balaban J connectivity index is 1.22. The third-order valence-corrected chi connectivity index (χ3v) is 12.1. The van der Waals surface area contributed by atoms with Crippen LogP contribution in [0.1, 0.15) is 79.7 Å². The number of sulfonamides is 1. The standard InChI is InChI=1S/C36H39F3N8O7S/c1-20-17-41-27(18-40-20)30(48)43-26-12-6-4-2-3-5-9-21-16-35(21,34(51)46-55(52,53)23-13-14-23)45-31(49)28-15-22(19-47(28)33(26)50)54-32-29(36(37,38)39)42-24-10-7-8-11-25(24)44-32/h5,7-11,17-18,21-23,26,28H,2-4,6,12-16,19H2,1H3,(H,43,48)(H,45,49)(H,46,51)/b9-5-. The van der Waals surface area contributed by atoms with E-state index in [0.29, 0.717) is 44.2 Å². The minimum atomic E-state index is -4.97. The molecule has 19 heteroatoms. The average Bonchev–Trinajstić information content (AvgIpc) is 4.06. The van der Waals surface area contributed by atoms with E-state index in [1.807, 2.05) is 6.08 Å². The number of nitrogens with one attached hydrogen (secondary N) is 3. The molecule has 4 aliphatic rings. The Hall–Kier alpha value is -5.20. The summed E-state index contributed by atoms with van der Waals surface area (Å²) in [7, 11) is -3.99. The first kappa shape index (κ1) is 38.1. The molecule has 0 spiro atoms. The summed E-state index contributed by atoms with van der Waals surface area (Å²) in [4.78, 5) is 72.9. The van der Waals surface area contributed by atoms with Crippen molar-refractivity contribution < 1.29 is 45.5 Å². The average molecular weight is 785 g/mol. The molecule has 2 aliphatic heterocycles. The van der Waals surface area contributed by atoms with Gasteiger partial charge in [0, 0.05) is 18.5 Å². The Bertz CT molecular complexity index is 2150. The maximum absolute atomic E-state index is 14.5. The Morgan fingerprint density at radius 1 is 1.02 bits per heavy atom. The number of amides is 4. The van der Waals surface area contributed by atoms with E-state index in [0.717, 1.165) is 4.90 Å². The number of allylic oxidation sites excluding steroid dienone is 1. The van der Waals surface area contributed by atoms with Crippen LogP contribution in [0.5, 0.6) is 5.88 Å². The lowest BCUT2D eigenvalue weighted by molar-refractivity contribution is -0.143. The van der Waals surface area contributed by atoms with Crippen molar-refractivity contribution >= 4 is 44.7 Å². The summed E-state index contributed by atoms with van der Waals surface area (Å²) in [5, 5.41) is 4.70. The highest BCUT2D eigenvalue weighted by atomic mass is 32.2. The molecule has 7 rings (SSSR count). The summed E-state index contributed by atoms with van der Waals surface area (Å²) < 4.78 is 76.3. The van der Waals surface area contributed by atoms with Gasteiger partial charge in [-0.1, -0.05) is 37.1 Å². The summed E-state index contributed by atoms with van der Waals surface area (Å²) in [5.74, 6) is -4.58. The number of fused-ring (bicyclic) bond motifs is 3. The van der Waals surface area contributed by atoms with Gasteiger partial charge in [0.25, 0.3) is 11.8 Å². The smallest absolute Gasteiger partial charge is 0.438 e. The van der Waals surface area contributed by atoms with Gasteiger partial charge in [-0.2, -0.15) is 13.2 Å². The molecule has 0 radical (unpaired) electrons. The minimum Gasteiger partial charge on any atom is -0.471 e. The van der Waals surface area contributed by atoms with Crippen LogP contribution in [0.15, 0.2) is 48.8 Å². The third-order valence-electron chi connectivity index (χ3n) is 10.2. The van der Waals surface area contributed by atoms with Crippen molar-refractivity contribution in [1.29, 1.82) is 0 Å². The fourth-order valence-corrected chi connectivity index (χ4v) is 8.36. The van der Waals surface area contributed by atoms with Crippen molar-refractivity contribution in [2.75, 3.05) is 6.54 Å². The van der Waals surface area contributed by atoms with E-state index >= 15 is 0 Å². The lowest BCUT2D eigenvalue weighted by Crippen LogP contribution is -2.58. The number of ether oxygens (including phenoxy) is 1. The SMILES string of the molecule is Cc1cnc(C(=O)NC2CCCCC/C=C\C3CC3(C(=O)NS(=O)(=O)C3CC3)NC(=O)C3CC(Oc4nc5ccccc5nc4C(F)(F)F)CN3C2=O)cn1. The van der Waals surface area contributed by atoms with Crippen molar-refractivity contribution in [3.63, 3.8) is 0 Å². The number of rotatable bonds is 7. The summed E-state index contributed by atoms with van der Waals surface area (Å²) in [6.07, 6.45) is 3.24. The molecule has 5 unspecified atom stereocenters. The zero-order chi connectivity index (χ0) is 39.1. The first-order valence-corrected chi connectivity index (χ1v) is 19.6. The normalized spacial score (nSPS) is 26.8. The number of benzene rings is 1. The molecule has 3 fully saturated rings. The number of hydrogen-bond donors (Lipinski definition) is 3. The van der Waals surface area contributed by atoms with Crippen LogP contribution in [0.2, 0.25) is 0 Å². The van der Waals surface area contributed by atoms with Crippen molar-refractivity contribution in [1.82, 2.24) is 40.2 Å². The van der Waals surface area contributed by atoms with Gasteiger partial charge in [-0.25, -0.2) is 23.4 Å². The molecule has 5 atom stereocenters. The van der Waals surface area contributed by atoms with E-state index in [4.69, 9.17) is 4.74 Å². The Kier molecular flexibility index (Phi) is 10.2. The Morgan fingerprint density at radius 2 is 1.76 bits per heavy atom. The molecule has 1 saturated heterocycles. The molecule has 4 amide bonds. The summed E-state index contributed by atoms with van der Waals surface area (Å²) in [6, 6.07) is 3.33. The van der Waals surface area contributed by atoms with Gasteiger partial charge in [-0.05, 0) is 57.6 Å². The minimum absolute atomic E-state index is 0.0204. The van der Waals surface area contributed by atoms with Gasteiger partial charge >= 0.3 is 6.18 Å². The molecular weight excluding hydrogens is 746 g/mol. The fraction of sp³-hybridized carbons (Fsp3) is 0.500. The Morgan fingerprint density at radius 3 is 2.45 bits per heavy atom. The van der Waals surface area contributed by atoms with E-state index in [9.17, 15) is 40.8 Å². The van der Waals surface area contributed by atoms with Gasteiger partial charge in [-0.15, -0.1) is 0 Å². The molecule has 1 aromatic carbocycles. The quantitative estimate of drug-likeness (QED) is 0.298. The summed E-state index contributed by atoms with van der Waals surface area (Å²) >= 11 is 0. The molecule has 4 heterocycles. The summed E-state index contributed by atoms with van der Waals surface area (Å²) in [6.45, 7) is 1.30. The third kappa shape index (κ3) is 8.25. The zero-order valence-electron chi connectivity index (χ0n) is 29.7. The number of halogens is 3. The molecule has 3 aromatic rings. The van der Waals surface area contributed by atoms with Gasteiger partial charge in [0.1, 0.15) is 29.4 Å². The van der Waals surface area contributed by atoms with Crippen LogP contribution < -0.4 is 20.1 Å². The molecule has 3 N–H and O–H groups in total. The molecule has 0 bridgehead atoms. The maximum atomic E-state index is 14.5. The van der Waals surface area contributed by atoms with Crippen LogP contribution in [0, 0.1) is 12.8 Å². The topological polar surface area (TPSA) is 203 Å². The van der Waals surface area contributed by atoms with Crippen LogP contribution in [0.3, 0.4) is 0 Å². The number of aryl methyl sites for hydroxylation is 1. The number of nitrogens with zero attached hydrogens (tertiary/aromatic N) is 5. The number of hydrogen-bond acceptors (Lipinski definition) is 11. The first-order valence-electron chi connectivity index (χ1n) is 18.1. The number of aromatic nitrogens is 4. The predicted molar refractivity (Wildman–Crippen MR) is 188 cm³/mol. The number of para-hydroxylation sites is 2. The number of alkyl halides is 3. The second-order valence-electron chi connectivity index (χ2n) is 14.4. The molecule has 15 nitrogen and oxygen atoms in total. The van der Waals surface area contributed by atoms with Crippen molar-refractivity contribution in [3.05, 3.63) is 65.9 Å². The second-order valence-corrected chi connectivity index (χ2v) is 16.4. The molecule has 55 heavy (non-hydrogen) atoms. The highest BCUT2D eigenvalue weighted by Crippen LogP contribution is 2.46. The molecular formula is C36H39F3N8O7S. The van der Waals surface area contributed by atoms with E-state index in [-0.39, 0.29) is 36.0 Å². The van der Waals surface area contributed by atoms with Crippen molar-refractivity contribution in [3.8, 4) is 5.88 Å². The van der Waals surface area contributed by atoms with Crippen LogP contribution in [-0.4, -0.2) is 92.4 Å². The van der Waals surface area contributed by atoms with Gasteiger partial charge in [0.05, 0.1) is 34.7 Å². The van der Waals surface area contributed by atoms with Crippen LogP contribution in [-0.2, 0) is 30.6 Å². The highest BCUT2D eigenvalue weighted by molar-refractivity contribution is 7.91. The van der Waals surface area contributed by atoms with Gasteiger partial charge in [0.15, 0.2) is 0 Å². The van der Waals surface area contributed by atoms with Crippen molar-refractivity contribution in [2.24, 2.45) is 5.92 Å². The van der Waals surface area contributed by atoms with E-state index in [2.05, 4.69) is 35.3 Å². The lowest BCUT2D eigenvalue weighted by Gasteiger charge is -2.29. The van der Waals surface area contributed by atoms with E-state index in [1.54, 1.807) is 19.1 Å². The van der Waals surface area contributed by atoms with E-state index in [1.165, 1.54) is 30.6 Å². The highest BCUT2D eigenvalue weighted by Gasteiger charge is 2.62. The summed E-state index contributed by atoms with van der Waals surface area (Å²) in [5.41, 5.74) is -2.44.